The van der Waals surface area contributed by atoms with Crippen molar-refractivity contribution in [3.63, 3.8) is 0 Å². The van der Waals surface area contributed by atoms with E-state index in [1.54, 1.807) is 37.8 Å². The number of nitrogens with one attached hydrogen (secondary N) is 2. The van der Waals surface area contributed by atoms with E-state index >= 15 is 13.2 Å². The zero-order valence-electron chi connectivity index (χ0n) is 39.6. The molecular weight excluding hydrogens is 926 g/mol. The Morgan fingerprint density at radius 2 is 1.75 bits per heavy atom. The van der Waals surface area contributed by atoms with Gasteiger partial charge in [0.25, 0.3) is 15.9 Å². The van der Waals surface area contributed by atoms with E-state index in [2.05, 4.69) is 15.6 Å². The number of aromatic nitrogens is 1. The van der Waals surface area contributed by atoms with E-state index in [1.807, 2.05) is 26.0 Å². The average Bonchev–Trinajstić information content (AvgIpc) is 4.23. The first-order valence-electron chi connectivity index (χ1n) is 24.2. The van der Waals surface area contributed by atoms with Gasteiger partial charge in [-0.1, -0.05) is 38.8 Å². The van der Waals surface area contributed by atoms with Crippen molar-refractivity contribution >= 4 is 50.8 Å². The van der Waals surface area contributed by atoms with Gasteiger partial charge in [0.1, 0.15) is 40.7 Å². The minimum atomic E-state index is -4.98. The number of likely N-dealkylation sites (tertiary alicyclic amines) is 1. The summed E-state index contributed by atoms with van der Waals surface area (Å²) in [5, 5.41) is 5.91. The Morgan fingerprint density at radius 1 is 1.01 bits per heavy atom. The number of ether oxygens (including phenoxy) is 4. The summed E-state index contributed by atoms with van der Waals surface area (Å²) in [6.45, 7) is 9.58. The number of carbonyl (C=O) groups excluding carboxylic acids is 5. The molecule has 2 spiro atoms. The number of sulfonamides is 1. The van der Waals surface area contributed by atoms with Crippen LogP contribution in [-0.4, -0.2) is 123 Å². The maximum atomic E-state index is 15.1. The van der Waals surface area contributed by atoms with Crippen LogP contribution in [0.2, 0.25) is 0 Å². The van der Waals surface area contributed by atoms with Crippen LogP contribution in [0, 0.1) is 11.8 Å². The van der Waals surface area contributed by atoms with E-state index in [9.17, 15) is 32.4 Å². The minimum Gasteiger partial charge on any atom is -0.490 e. The summed E-state index contributed by atoms with van der Waals surface area (Å²) in [4.78, 5) is 75.4. The van der Waals surface area contributed by atoms with Crippen molar-refractivity contribution in [2.24, 2.45) is 11.8 Å². The van der Waals surface area contributed by atoms with Crippen molar-refractivity contribution in [3.8, 4) is 11.5 Å². The molecule has 0 radical (unpaired) electrons. The normalized spacial score (nSPS) is 29.2. The highest BCUT2D eigenvalue weighted by atomic mass is 32.2. The van der Waals surface area contributed by atoms with Crippen molar-refractivity contribution in [2.75, 3.05) is 26.2 Å². The molecule has 376 valence electrons. The molecule has 0 unspecified atom stereocenters. The highest BCUT2D eigenvalue weighted by molar-refractivity contribution is 7.98. The predicted octanol–water partition coefficient (Wildman–Crippen LogP) is 6.50. The van der Waals surface area contributed by atoms with E-state index in [0.29, 0.717) is 75.6 Å². The van der Waals surface area contributed by atoms with Gasteiger partial charge in [0.05, 0.1) is 18.7 Å². The number of rotatable bonds is 6. The van der Waals surface area contributed by atoms with E-state index in [-0.39, 0.29) is 68.4 Å². The number of amides is 5. The summed E-state index contributed by atoms with van der Waals surface area (Å²) in [5.41, 5.74) is -4.83. The van der Waals surface area contributed by atoms with Crippen LogP contribution in [0.4, 0.5) is 22.8 Å². The molecule has 5 atom stereocenters. The number of allylic oxidation sites excluding steroid dienone is 1. The molecule has 9 rings (SSSR count). The molecule has 3 saturated heterocycles. The fraction of sp³-hybridized carbons (Fsp3) is 0.667. The summed E-state index contributed by atoms with van der Waals surface area (Å²) in [5.74, 6) is -2.93. The second kappa shape index (κ2) is 17.5. The quantitative estimate of drug-likeness (QED) is 0.235. The molecule has 1 aromatic heterocycles. The number of halogens is 3. The number of carbonyl (C=O) groups is 5. The summed E-state index contributed by atoms with van der Waals surface area (Å²) in [6.07, 6.45) is 1.32. The molecule has 2 aliphatic carbocycles. The lowest BCUT2D eigenvalue weighted by Crippen LogP contribution is -2.57. The highest BCUT2D eigenvalue weighted by Crippen LogP contribution is 2.64. The molecule has 2 N–H and O–H groups in total. The molecular formula is C48H61F3N6O11S. The molecule has 5 fully saturated rings. The monoisotopic (exact) mass is 986 g/mol. The molecule has 21 heteroatoms. The van der Waals surface area contributed by atoms with Crippen LogP contribution in [0.5, 0.6) is 11.5 Å². The molecule has 17 nitrogen and oxygen atoms in total. The van der Waals surface area contributed by atoms with Gasteiger partial charge in [0.15, 0.2) is 16.3 Å². The van der Waals surface area contributed by atoms with Gasteiger partial charge in [-0.25, -0.2) is 27.3 Å². The van der Waals surface area contributed by atoms with Crippen molar-refractivity contribution < 1.29 is 64.5 Å². The van der Waals surface area contributed by atoms with Gasteiger partial charge in [0.2, 0.25) is 11.8 Å². The Bertz CT molecular complexity index is 2570. The average molecular weight is 987 g/mol. The summed E-state index contributed by atoms with van der Waals surface area (Å²) in [7, 11) is -3.88. The lowest BCUT2D eigenvalue weighted by atomic mass is 9.87. The number of piperidine rings is 1. The Labute approximate surface area is 399 Å². The fourth-order valence-corrected chi connectivity index (χ4v) is 12.5. The van der Waals surface area contributed by atoms with Crippen LogP contribution in [0.1, 0.15) is 123 Å². The molecule has 6 heterocycles. The Kier molecular flexibility index (Phi) is 12.3. The fourth-order valence-electron chi connectivity index (χ4n) is 10.4. The number of aryl methyl sites for hydroxylation is 1. The minimum absolute atomic E-state index is 0.00810. The predicted molar refractivity (Wildman–Crippen MR) is 242 cm³/mol. The van der Waals surface area contributed by atoms with E-state index in [0.717, 1.165) is 4.31 Å². The Morgan fingerprint density at radius 3 is 2.42 bits per heavy atom. The Hall–Kier alpha value is -5.34. The maximum absolute atomic E-state index is 15.1. The van der Waals surface area contributed by atoms with Crippen molar-refractivity contribution in [2.45, 2.75) is 164 Å². The van der Waals surface area contributed by atoms with E-state index in [4.69, 9.17) is 18.9 Å². The summed E-state index contributed by atoms with van der Waals surface area (Å²) >= 11 is 0. The smallest absolute Gasteiger partial charge is 0.437 e. The number of pyridine rings is 1. The van der Waals surface area contributed by atoms with Crippen LogP contribution >= 0.6 is 0 Å². The Balaban J connectivity index is 1.02. The van der Waals surface area contributed by atoms with Gasteiger partial charge in [-0.3, -0.25) is 14.4 Å². The molecule has 69 heavy (non-hydrogen) atoms. The number of hydrogen-bond acceptors (Lipinski definition) is 12. The zero-order valence-corrected chi connectivity index (χ0v) is 40.4. The lowest BCUT2D eigenvalue weighted by molar-refractivity contribution is -0.144. The van der Waals surface area contributed by atoms with E-state index < -0.39 is 97.2 Å². The second-order valence-corrected chi connectivity index (χ2v) is 23.3. The molecule has 2 saturated carbocycles. The first kappa shape index (κ1) is 48.7. The van der Waals surface area contributed by atoms with Crippen LogP contribution in [-0.2, 0) is 46.5 Å². The van der Waals surface area contributed by atoms with Crippen molar-refractivity contribution in [1.82, 2.24) is 29.7 Å². The number of alkyl carbamates (subject to hydrolysis) is 1. The largest absolute Gasteiger partial charge is 0.490 e. The van der Waals surface area contributed by atoms with Crippen LogP contribution in [0.25, 0.3) is 10.9 Å². The topological polar surface area (TPSA) is 203 Å². The third-order valence-corrected chi connectivity index (χ3v) is 16.7. The van der Waals surface area contributed by atoms with Crippen LogP contribution in [0.3, 0.4) is 0 Å². The first-order chi connectivity index (χ1) is 32.5. The van der Waals surface area contributed by atoms with Gasteiger partial charge in [-0.2, -0.15) is 13.2 Å². The SMILES string of the molecule is CC(C)COC(=O)N[C@H]1CCCCC/C=C\[C@@H]2C[C@@]2(C(=O)N2C3(CC3)S2(=O)=O)NC(=O)[C@@H]2C[C@]3(CCc4c(c(C(F)(F)F)nc5ccc(OC6CCN(C(=O)OC(C)(C)C)CC6)cc45)O3)CN2C1=O. The zero-order chi connectivity index (χ0) is 49.5. The summed E-state index contributed by atoms with van der Waals surface area (Å²) in [6, 6.07) is 2.06. The molecule has 5 amide bonds. The third-order valence-electron chi connectivity index (χ3n) is 14.3. The first-order valence-corrected chi connectivity index (χ1v) is 25.6. The molecule has 5 aliphatic heterocycles. The number of benzene rings is 1. The van der Waals surface area contributed by atoms with Gasteiger partial charge in [0, 0.05) is 49.2 Å². The van der Waals surface area contributed by atoms with Gasteiger partial charge in [-0.05, 0) is 96.3 Å². The molecule has 7 aliphatic rings. The van der Waals surface area contributed by atoms with Crippen LogP contribution < -0.4 is 20.1 Å². The molecule has 1 aromatic carbocycles. The number of nitrogens with zero attached hydrogens (tertiary/aromatic N) is 4. The van der Waals surface area contributed by atoms with Gasteiger partial charge in [-0.15, -0.1) is 0 Å². The number of alkyl halides is 3. The van der Waals surface area contributed by atoms with Crippen molar-refractivity contribution in [1.29, 1.82) is 0 Å². The number of fused-ring (bicyclic) bond motifs is 5. The van der Waals surface area contributed by atoms with Gasteiger partial charge >= 0.3 is 18.4 Å². The lowest BCUT2D eigenvalue weighted by Gasteiger charge is -2.37. The maximum Gasteiger partial charge on any atom is 0.437 e. The van der Waals surface area contributed by atoms with Crippen molar-refractivity contribution in [3.05, 3.63) is 41.6 Å². The molecule has 2 aromatic rings. The third kappa shape index (κ3) is 9.39. The standard InChI is InChI=1S/C48H61F3N6O11S/c1-28(2)26-65-42(61)53-35-12-10-8-6-7-9-11-29-24-47(29,41(60)57-46(19-20-46)69(57,63)64)54-39(58)36-25-45(27-56(36)40(35)59)18-15-32-33-23-31(13-14-34(33)52-38(37(32)67-45)48(49,50)51)66-30-16-21-55(22-17-30)43(62)68-44(3,4)5/h9,11,13-14,23,28-30,35-36H,6-8,10,12,15-22,24-27H2,1-5H3,(H,53,61)(H,54,58)/b11-9-/t29-,35+,36+,45-,47-,57?/m1/s1. The highest BCUT2D eigenvalue weighted by Gasteiger charge is 2.83. The number of hydrogen-bond donors (Lipinski definition) is 2. The second-order valence-electron chi connectivity index (χ2n) is 21.2. The van der Waals surface area contributed by atoms with Crippen LogP contribution in [0.15, 0.2) is 30.4 Å². The summed E-state index contributed by atoms with van der Waals surface area (Å²) < 4.78 is 96.0. The van der Waals surface area contributed by atoms with E-state index in [1.165, 1.54) is 11.0 Å². The van der Waals surface area contributed by atoms with Gasteiger partial charge < -0.3 is 39.4 Å². The molecule has 0 bridgehead atoms.